The van der Waals surface area contributed by atoms with E-state index >= 15 is 0 Å². The summed E-state index contributed by atoms with van der Waals surface area (Å²) in [5, 5.41) is 3.18. The Morgan fingerprint density at radius 1 is 1.43 bits per heavy atom. The monoisotopic (exact) mass is 196 g/mol. The van der Waals surface area contributed by atoms with Crippen molar-refractivity contribution in [2.45, 2.75) is 20.4 Å². The molecule has 0 saturated heterocycles. The predicted molar refractivity (Wildman–Crippen MR) is 57.4 cm³/mol. The van der Waals surface area contributed by atoms with Gasteiger partial charge in [-0.2, -0.15) is 0 Å². The van der Waals surface area contributed by atoms with E-state index in [-0.39, 0.29) is 5.82 Å². The highest BCUT2D eigenvalue weighted by Crippen LogP contribution is 2.11. The molecule has 0 amide bonds. The number of halogens is 1. The third-order valence-corrected chi connectivity index (χ3v) is 1.95. The minimum absolute atomic E-state index is 0.235. The summed E-state index contributed by atoms with van der Waals surface area (Å²) in [6, 6.07) is 4.79. The second-order valence-corrected chi connectivity index (χ2v) is 3.88. The Labute approximate surface area is 84.3 Å². The molecule has 1 aromatic carbocycles. The molecule has 2 nitrogen and oxygen atoms in total. The van der Waals surface area contributed by atoms with Gasteiger partial charge in [0.1, 0.15) is 5.82 Å². The van der Waals surface area contributed by atoms with Crippen LogP contribution in [0.25, 0.3) is 0 Å². The van der Waals surface area contributed by atoms with E-state index in [4.69, 9.17) is 5.73 Å². The molecule has 0 aliphatic rings. The smallest absolute Gasteiger partial charge is 0.129 e. The summed E-state index contributed by atoms with van der Waals surface area (Å²) >= 11 is 0. The van der Waals surface area contributed by atoms with Crippen molar-refractivity contribution < 1.29 is 4.39 Å². The minimum Gasteiger partial charge on any atom is -0.399 e. The van der Waals surface area contributed by atoms with Crippen LogP contribution in [0.5, 0.6) is 0 Å². The first kappa shape index (κ1) is 11.0. The first-order valence-corrected chi connectivity index (χ1v) is 4.84. The molecule has 0 aliphatic heterocycles. The van der Waals surface area contributed by atoms with Crippen LogP contribution < -0.4 is 11.1 Å². The first-order chi connectivity index (χ1) is 6.59. The summed E-state index contributed by atoms with van der Waals surface area (Å²) in [7, 11) is 0. The van der Waals surface area contributed by atoms with Gasteiger partial charge >= 0.3 is 0 Å². The van der Waals surface area contributed by atoms with Crippen molar-refractivity contribution in [1.82, 2.24) is 5.32 Å². The van der Waals surface area contributed by atoms with E-state index < -0.39 is 0 Å². The molecule has 0 bridgehead atoms. The number of hydrogen-bond acceptors (Lipinski definition) is 2. The van der Waals surface area contributed by atoms with Gasteiger partial charge in [-0.25, -0.2) is 4.39 Å². The predicted octanol–water partition coefficient (Wildman–Crippen LogP) is 2.15. The van der Waals surface area contributed by atoms with Crippen LogP contribution in [0.3, 0.4) is 0 Å². The van der Waals surface area contributed by atoms with E-state index in [1.54, 1.807) is 12.1 Å². The lowest BCUT2D eigenvalue weighted by Gasteiger charge is -2.08. The lowest BCUT2D eigenvalue weighted by molar-refractivity contribution is 0.535. The van der Waals surface area contributed by atoms with Gasteiger partial charge in [0, 0.05) is 17.8 Å². The summed E-state index contributed by atoms with van der Waals surface area (Å²) < 4.78 is 13.3. The zero-order valence-electron chi connectivity index (χ0n) is 8.68. The quantitative estimate of drug-likeness (QED) is 0.724. The van der Waals surface area contributed by atoms with Gasteiger partial charge in [-0.1, -0.05) is 19.9 Å². The fraction of sp³-hybridized carbons (Fsp3) is 0.455. The number of nitrogens with two attached hydrogens (primary N) is 1. The average molecular weight is 196 g/mol. The molecule has 0 radical (unpaired) electrons. The van der Waals surface area contributed by atoms with E-state index in [9.17, 15) is 4.39 Å². The van der Waals surface area contributed by atoms with Crippen LogP contribution in [0.1, 0.15) is 19.4 Å². The first-order valence-electron chi connectivity index (χ1n) is 4.84. The molecule has 3 N–H and O–H groups in total. The molecule has 0 fully saturated rings. The maximum Gasteiger partial charge on any atom is 0.129 e. The second-order valence-electron chi connectivity index (χ2n) is 3.88. The zero-order chi connectivity index (χ0) is 10.6. The van der Waals surface area contributed by atoms with Crippen molar-refractivity contribution in [1.29, 1.82) is 0 Å². The number of nitrogens with one attached hydrogen (secondary N) is 1. The Hall–Kier alpha value is -1.09. The van der Waals surface area contributed by atoms with Gasteiger partial charge in [-0.3, -0.25) is 0 Å². The van der Waals surface area contributed by atoms with Gasteiger partial charge < -0.3 is 11.1 Å². The Bertz CT molecular complexity index is 297. The number of rotatable bonds is 4. The summed E-state index contributed by atoms with van der Waals surface area (Å²) in [6.07, 6.45) is 0. The number of hydrogen-bond donors (Lipinski definition) is 2. The topological polar surface area (TPSA) is 38.0 Å². The molecule has 78 valence electrons. The van der Waals surface area contributed by atoms with E-state index in [1.165, 1.54) is 6.07 Å². The molecule has 0 heterocycles. The van der Waals surface area contributed by atoms with Gasteiger partial charge in [0.2, 0.25) is 0 Å². The molecular formula is C11H17FN2. The van der Waals surface area contributed by atoms with Gasteiger partial charge in [0.25, 0.3) is 0 Å². The zero-order valence-corrected chi connectivity index (χ0v) is 8.68. The largest absolute Gasteiger partial charge is 0.399 e. The third-order valence-electron chi connectivity index (χ3n) is 1.95. The van der Waals surface area contributed by atoms with Crippen molar-refractivity contribution in [3.8, 4) is 0 Å². The lowest BCUT2D eigenvalue weighted by atomic mass is 10.1. The molecule has 0 atom stereocenters. The van der Waals surface area contributed by atoms with Crippen molar-refractivity contribution in [2.75, 3.05) is 12.3 Å². The normalized spacial score (nSPS) is 10.9. The van der Waals surface area contributed by atoms with Gasteiger partial charge in [-0.15, -0.1) is 0 Å². The average Bonchev–Trinajstić information content (AvgIpc) is 2.08. The van der Waals surface area contributed by atoms with E-state index in [0.717, 1.165) is 6.54 Å². The van der Waals surface area contributed by atoms with Crippen molar-refractivity contribution in [3.05, 3.63) is 29.6 Å². The van der Waals surface area contributed by atoms with E-state index in [1.807, 2.05) is 0 Å². The highest BCUT2D eigenvalue weighted by molar-refractivity contribution is 5.40. The maximum absolute atomic E-state index is 13.3. The number of anilines is 1. The van der Waals surface area contributed by atoms with Crippen molar-refractivity contribution in [3.63, 3.8) is 0 Å². The standard InChI is InChI=1S/C11H17FN2/c1-8(2)6-14-7-9-3-4-10(13)5-11(9)12/h3-5,8,14H,6-7,13H2,1-2H3. The molecule has 3 heteroatoms. The van der Waals surface area contributed by atoms with Crippen molar-refractivity contribution in [2.24, 2.45) is 5.92 Å². The summed E-state index contributed by atoms with van der Waals surface area (Å²) in [5.74, 6) is 0.341. The Kier molecular flexibility index (Phi) is 3.89. The highest BCUT2D eigenvalue weighted by Gasteiger charge is 2.02. The molecule has 0 spiro atoms. The SMILES string of the molecule is CC(C)CNCc1ccc(N)cc1F. The Morgan fingerprint density at radius 2 is 2.14 bits per heavy atom. The van der Waals surface area contributed by atoms with Crippen LogP contribution >= 0.6 is 0 Å². The van der Waals surface area contributed by atoms with Crippen LogP contribution in [0.4, 0.5) is 10.1 Å². The summed E-state index contributed by atoms with van der Waals surface area (Å²) in [4.78, 5) is 0. The lowest BCUT2D eigenvalue weighted by Crippen LogP contribution is -2.19. The fourth-order valence-corrected chi connectivity index (χ4v) is 1.20. The minimum atomic E-state index is -0.235. The highest BCUT2D eigenvalue weighted by atomic mass is 19.1. The van der Waals surface area contributed by atoms with Gasteiger partial charge in [0.15, 0.2) is 0 Å². The van der Waals surface area contributed by atoms with Crippen LogP contribution in [-0.4, -0.2) is 6.54 Å². The van der Waals surface area contributed by atoms with Gasteiger partial charge in [0.05, 0.1) is 0 Å². The fourth-order valence-electron chi connectivity index (χ4n) is 1.20. The van der Waals surface area contributed by atoms with E-state index in [0.29, 0.717) is 23.7 Å². The van der Waals surface area contributed by atoms with Crippen LogP contribution in [-0.2, 0) is 6.54 Å². The van der Waals surface area contributed by atoms with Gasteiger partial charge in [-0.05, 0) is 24.6 Å². The molecule has 1 rings (SSSR count). The van der Waals surface area contributed by atoms with Crippen LogP contribution in [0.15, 0.2) is 18.2 Å². The van der Waals surface area contributed by atoms with E-state index in [2.05, 4.69) is 19.2 Å². The molecule has 0 saturated carbocycles. The second kappa shape index (κ2) is 4.96. The number of benzene rings is 1. The Morgan fingerprint density at radius 3 is 2.71 bits per heavy atom. The Balaban J connectivity index is 2.51. The molecule has 0 aliphatic carbocycles. The summed E-state index contributed by atoms with van der Waals surface area (Å²) in [5.41, 5.74) is 6.58. The van der Waals surface area contributed by atoms with Crippen molar-refractivity contribution >= 4 is 5.69 Å². The molecular weight excluding hydrogens is 179 g/mol. The molecule has 14 heavy (non-hydrogen) atoms. The maximum atomic E-state index is 13.3. The van der Waals surface area contributed by atoms with Crippen LogP contribution in [0, 0.1) is 11.7 Å². The molecule has 0 unspecified atom stereocenters. The molecule has 1 aromatic rings. The summed E-state index contributed by atoms with van der Waals surface area (Å²) in [6.45, 7) is 5.69. The number of nitrogen functional groups attached to an aromatic ring is 1. The molecule has 0 aromatic heterocycles. The van der Waals surface area contributed by atoms with Crippen LogP contribution in [0.2, 0.25) is 0 Å². The third kappa shape index (κ3) is 3.34.